The van der Waals surface area contributed by atoms with Gasteiger partial charge in [-0.15, -0.1) is 0 Å². The Kier molecular flexibility index (Phi) is 3.25. The summed E-state index contributed by atoms with van der Waals surface area (Å²) in [4.78, 5) is 18.7. The second-order valence-corrected chi connectivity index (χ2v) is 4.77. The van der Waals surface area contributed by atoms with Gasteiger partial charge in [0.05, 0.1) is 0 Å². The van der Waals surface area contributed by atoms with Gasteiger partial charge in [-0.3, -0.25) is 10.1 Å². The van der Waals surface area contributed by atoms with Crippen LogP contribution >= 0.6 is 0 Å². The van der Waals surface area contributed by atoms with Crippen LogP contribution in [0.15, 0.2) is 42.9 Å². The quantitative estimate of drug-likeness (QED) is 0.763. The molecule has 2 aromatic heterocycles. The zero-order valence-corrected chi connectivity index (χ0v) is 11.3. The number of aromatic amines is 1. The zero-order chi connectivity index (χ0) is 13.9. The molecule has 3 rings (SSSR count). The number of rotatable bonds is 4. The first-order chi connectivity index (χ1) is 9.74. The lowest BCUT2D eigenvalue weighted by Gasteiger charge is -2.01. The lowest BCUT2D eigenvalue weighted by atomic mass is 10.1. The Bertz CT molecular complexity index is 728. The first-order valence-corrected chi connectivity index (χ1v) is 6.56. The van der Waals surface area contributed by atoms with Crippen LogP contribution in [0, 0.1) is 0 Å². The normalized spacial score (nSPS) is 10.8. The third-order valence-corrected chi connectivity index (χ3v) is 3.36. The number of carbonyl (C=O) groups excluding carboxylic acids is 1. The molecule has 0 fully saturated rings. The highest BCUT2D eigenvalue weighted by Gasteiger charge is 2.09. The largest absolute Gasteiger partial charge is 0.350 e. The first kappa shape index (κ1) is 12.5. The molecule has 0 bridgehead atoms. The molecule has 1 aromatic carbocycles. The van der Waals surface area contributed by atoms with E-state index in [-0.39, 0.29) is 5.91 Å². The van der Waals surface area contributed by atoms with E-state index in [2.05, 4.69) is 38.2 Å². The van der Waals surface area contributed by atoms with E-state index in [0.717, 1.165) is 0 Å². The minimum atomic E-state index is -0.0344. The van der Waals surface area contributed by atoms with Crippen molar-refractivity contribution in [2.45, 2.75) is 12.8 Å². The van der Waals surface area contributed by atoms with Crippen LogP contribution in [0.2, 0.25) is 0 Å². The number of benzene rings is 1. The third-order valence-electron chi connectivity index (χ3n) is 3.36. The fraction of sp³-hybridized carbons (Fsp3) is 0.200. The fourth-order valence-electron chi connectivity index (χ4n) is 2.40. The van der Waals surface area contributed by atoms with Gasteiger partial charge in [0.25, 0.3) is 0 Å². The summed E-state index contributed by atoms with van der Waals surface area (Å²) in [6.07, 6.45) is 6.54. The van der Waals surface area contributed by atoms with Crippen LogP contribution in [-0.4, -0.2) is 20.4 Å². The van der Waals surface area contributed by atoms with Crippen LogP contribution in [0.4, 0.5) is 5.95 Å². The van der Waals surface area contributed by atoms with Crippen molar-refractivity contribution < 1.29 is 4.79 Å². The monoisotopic (exact) mass is 268 g/mol. The summed E-state index contributed by atoms with van der Waals surface area (Å²) in [7, 11) is 2.02. The van der Waals surface area contributed by atoms with Gasteiger partial charge in [0.1, 0.15) is 0 Å². The second-order valence-electron chi connectivity index (χ2n) is 4.77. The molecule has 3 aromatic rings. The first-order valence-electron chi connectivity index (χ1n) is 6.56. The lowest BCUT2D eigenvalue weighted by Crippen LogP contribution is -2.13. The van der Waals surface area contributed by atoms with Crippen molar-refractivity contribution in [1.29, 1.82) is 0 Å². The Morgan fingerprint density at radius 3 is 3.05 bits per heavy atom. The maximum atomic E-state index is 11.8. The summed E-state index contributed by atoms with van der Waals surface area (Å²) >= 11 is 0. The molecular weight excluding hydrogens is 252 g/mol. The molecule has 0 spiro atoms. The number of H-pyrrole nitrogens is 1. The Labute approximate surface area is 116 Å². The number of carbonyl (C=O) groups is 1. The van der Waals surface area contributed by atoms with E-state index < -0.39 is 0 Å². The van der Waals surface area contributed by atoms with E-state index in [9.17, 15) is 4.79 Å². The number of hydrogen-bond donors (Lipinski definition) is 2. The molecule has 0 radical (unpaired) electrons. The number of hydrogen-bond acceptors (Lipinski definition) is 2. The minimum Gasteiger partial charge on any atom is -0.350 e. The predicted molar refractivity (Wildman–Crippen MR) is 78.5 cm³/mol. The van der Waals surface area contributed by atoms with Gasteiger partial charge in [0, 0.05) is 43.0 Å². The van der Waals surface area contributed by atoms with Crippen molar-refractivity contribution in [1.82, 2.24) is 14.5 Å². The number of para-hydroxylation sites is 1. The molecule has 0 unspecified atom stereocenters. The van der Waals surface area contributed by atoms with Gasteiger partial charge in [-0.25, -0.2) is 4.98 Å². The molecule has 102 valence electrons. The van der Waals surface area contributed by atoms with Gasteiger partial charge in [-0.1, -0.05) is 18.2 Å². The van der Waals surface area contributed by atoms with Crippen molar-refractivity contribution in [3.63, 3.8) is 0 Å². The molecule has 2 heterocycles. The highest BCUT2D eigenvalue weighted by atomic mass is 16.1. The number of nitrogens with zero attached hydrogens (tertiary/aromatic N) is 2. The lowest BCUT2D eigenvalue weighted by molar-refractivity contribution is -0.116. The number of imidazole rings is 1. The number of aryl methyl sites for hydroxylation is 2. The fourth-order valence-corrected chi connectivity index (χ4v) is 2.40. The molecule has 5 heteroatoms. The van der Waals surface area contributed by atoms with Gasteiger partial charge >= 0.3 is 0 Å². The van der Waals surface area contributed by atoms with Crippen LogP contribution in [0.25, 0.3) is 10.9 Å². The minimum absolute atomic E-state index is 0.0344. The summed E-state index contributed by atoms with van der Waals surface area (Å²) < 4.78 is 2.09. The number of fused-ring (bicyclic) bond motifs is 1. The summed E-state index contributed by atoms with van der Waals surface area (Å²) in [5.41, 5.74) is 2.38. The third kappa shape index (κ3) is 2.42. The molecule has 5 nitrogen and oxygen atoms in total. The van der Waals surface area contributed by atoms with E-state index in [4.69, 9.17) is 0 Å². The average Bonchev–Trinajstić information content (AvgIpc) is 3.06. The molecule has 0 aliphatic heterocycles. The maximum absolute atomic E-state index is 11.8. The van der Waals surface area contributed by atoms with E-state index in [0.29, 0.717) is 18.8 Å². The van der Waals surface area contributed by atoms with Gasteiger partial charge in [-0.05, 0) is 18.1 Å². The zero-order valence-electron chi connectivity index (χ0n) is 11.3. The van der Waals surface area contributed by atoms with Crippen molar-refractivity contribution in [2.75, 3.05) is 5.32 Å². The molecule has 0 saturated carbocycles. The molecule has 0 atom stereocenters. The van der Waals surface area contributed by atoms with Crippen molar-refractivity contribution in [3.8, 4) is 0 Å². The van der Waals surface area contributed by atoms with Crippen molar-refractivity contribution >= 4 is 22.8 Å². The van der Waals surface area contributed by atoms with E-state index in [1.807, 2.05) is 19.2 Å². The highest BCUT2D eigenvalue weighted by molar-refractivity contribution is 5.90. The molecule has 20 heavy (non-hydrogen) atoms. The SMILES string of the molecule is Cn1cc(CCC(=O)Nc2ncc[nH]2)c2ccccc21. The predicted octanol–water partition coefficient (Wildman–Crippen LogP) is 2.47. The maximum Gasteiger partial charge on any atom is 0.227 e. The smallest absolute Gasteiger partial charge is 0.227 e. The van der Waals surface area contributed by atoms with Crippen LogP contribution in [-0.2, 0) is 18.3 Å². The Balaban J connectivity index is 1.69. The van der Waals surface area contributed by atoms with Crippen molar-refractivity contribution in [3.05, 3.63) is 48.4 Å². The molecule has 1 amide bonds. The molecule has 0 aliphatic rings. The Morgan fingerprint density at radius 1 is 1.40 bits per heavy atom. The summed E-state index contributed by atoms with van der Waals surface area (Å²) in [5, 5.41) is 3.94. The van der Waals surface area contributed by atoms with Gasteiger partial charge in [-0.2, -0.15) is 0 Å². The number of amides is 1. The summed E-state index contributed by atoms with van der Waals surface area (Å²) in [6, 6.07) is 8.22. The van der Waals surface area contributed by atoms with Crippen LogP contribution < -0.4 is 5.32 Å². The van der Waals surface area contributed by atoms with E-state index in [1.165, 1.54) is 16.5 Å². The second kappa shape index (κ2) is 5.21. The van der Waals surface area contributed by atoms with E-state index in [1.54, 1.807) is 12.4 Å². The summed E-state index contributed by atoms with van der Waals surface area (Å²) in [5.74, 6) is 0.459. The number of nitrogens with one attached hydrogen (secondary N) is 2. The molecule has 0 saturated heterocycles. The van der Waals surface area contributed by atoms with Crippen molar-refractivity contribution in [2.24, 2.45) is 7.05 Å². The van der Waals surface area contributed by atoms with Crippen LogP contribution in [0.1, 0.15) is 12.0 Å². The number of anilines is 1. The Hall–Kier alpha value is -2.56. The van der Waals surface area contributed by atoms with Gasteiger partial charge in [0.2, 0.25) is 11.9 Å². The molecular formula is C15H16N4O. The standard InChI is InChI=1S/C15H16N4O/c1-19-10-11(12-4-2-3-5-13(12)19)6-7-14(20)18-15-16-8-9-17-15/h2-5,8-10H,6-7H2,1H3,(H2,16,17,18,20). The number of aromatic nitrogens is 3. The molecule has 0 aliphatic carbocycles. The summed E-state index contributed by atoms with van der Waals surface area (Å²) in [6.45, 7) is 0. The van der Waals surface area contributed by atoms with Crippen LogP contribution in [0.5, 0.6) is 0 Å². The topological polar surface area (TPSA) is 62.7 Å². The average molecular weight is 268 g/mol. The van der Waals surface area contributed by atoms with Gasteiger partial charge in [0.15, 0.2) is 0 Å². The highest BCUT2D eigenvalue weighted by Crippen LogP contribution is 2.21. The van der Waals surface area contributed by atoms with E-state index >= 15 is 0 Å². The Morgan fingerprint density at radius 2 is 2.25 bits per heavy atom. The van der Waals surface area contributed by atoms with Crippen LogP contribution in [0.3, 0.4) is 0 Å². The molecule has 2 N–H and O–H groups in total. The van der Waals surface area contributed by atoms with Gasteiger partial charge < -0.3 is 9.55 Å².